The molecule has 29 heavy (non-hydrogen) atoms. The highest BCUT2D eigenvalue weighted by Gasteiger charge is 2.28. The van der Waals surface area contributed by atoms with Gasteiger partial charge in [0.1, 0.15) is 11.6 Å². The monoisotopic (exact) mass is 419 g/mol. The molecule has 2 fully saturated rings. The van der Waals surface area contributed by atoms with Gasteiger partial charge in [0, 0.05) is 51.0 Å². The summed E-state index contributed by atoms with van der Waals surface area (Å²) in [7, 11) is -3.44. The minimum Gasteiger partial charge on any atom is -0.354 e. The van der Waals surface area contributed by atoms with E-state index in [0.29, 0.717) is 31.7 Å². The maximum Gasteiger partial charge on any atom is 0.227 e. The van der Waals surface area contributed by atoms with Crippen LogP contribution >= 0.6 is 0 Å². The molecule has 156 valence electrons. The van der Waals surface area contributed by atoms with E-state index in [-0.39, 0.29) is 11.6 Å². The molecular formula is C20H26FN5O2S. The lowest BCUT2D eigenvalue weighted by Crippen LogP contribution is -2.49. The van der Waals surface area contributed by atoms with Crippen molar-refractivity contribution < 1.29 is 12.8 Å². The van der Waals surface area contributed by atoms with Gasteiger partial charge in [0.05, 0.1) is 5.75 Å². The number of sulfonamides is 1. The Bertz CT molecular complexity index is 953. The Labute approximate surface area is 171 Å². The van der Waals surface area contributed by atoms with Crippen molar-refractivity contribution in [2.75, 3.05) is 49.1 Å². The van der Waals surface area contributed by atoms with Crippen molar-refractivity contribution in [2.24, 2.45) is 0 Å². The van der Waals surface area contributed by atoms with E-state index in [0.717, 1.165) is 43.4 Å². The topological polar surface area (TPSA) is 69.6 Å². The normalized spacial score (nSPS) is 18.4. The highest BCUT2D eigenvalue weighted by Crippen LogP contribution is 2.23. The number of benzene rings is 1. The van der Waals surface area contributed by atoms with Crippen LogP contribution in [0, 0.1) is 12.7 Å². The van der Waals surface area contributed by atoms with Crippen LogP contribution in [0.4, 0.5) is 16.2 Å². The molecule has 2 aliphatic rings. The summed E-state index contributed by atoms with van der Waals surface area (Å²) in [6.07, 6.45) is 2.33. The smallest absolute Gasteiger partial charge is 0.227 e. The number of aryl methyl sites for hydroxylation is 1. The number of rotatable bonds is 5. The summed E-state index contributed by atoms with van der Waals surface area (Å²) in [6, 6.07) is 7.58. The SMILES string of the molecule is Cc1cc(N2CCN(S(=O)(=O)Cc3ccc(F)cc3)CC2)nc(N2CCCC2)n1. The third-order valence-corrected chi connectivity index (χ3v) is 7.29. The summed E-state index contributed by atoms with van der Waals surface area (Å²) in [5, 5.41) is 0. The second-order valence-electron chi connectivity index (χ2n) is 7.63. The fourth-order valence-corrected chi connectivity index (χ4v) is 5.35. The number of hydrogen-bond donors (Lipinski definition) is 0. The molecule has 3 heterocycles. The molecule has 9 heteroatoms. The van der Waals surface area contributed by atoms with E-state index in [2.05, 4.69) is 14.8 Å². The van der Waals surface area contributed by atoms with E-state index >= 15 is 0 Å². The molecule has 2 aliphatic heterocycles. The summed E-state index contributed by atoms with van der Waals surface area (Å²) in [6.45, 7) is 5.92. The predicted molar refractivity (Wildman–Crippen MR) is 111 cm³/mol. The first-order chi connectivity index (χ1) is 13.9. The van der Waals surface area contributed by atoms with Crippen LogP contribution < -0.4 is 9.80 Å². The lowest BCUT2D eigenvalue weighted by Gasteiger charge is -2.35. The number of anilines is 2. The highest BCUT2D eigenvalue weighted by molar-refractivity contribution is 7.88. The van der Waals surface area contributed by atoms with Gasteiger partial charge in [-0.1, -0.05) is 12.1 Å². The van der Waals surface area contributed by atoms with Crippen molar-refractivity contribution >= 4 is 21.8 Å². The van der Waals surface area contributed by atoms with Gasteiger partial charge in [-0.3, -0.25) is 0 Å². The fourth-order valence-electron chi connectivity index (χ4n) is 3.84. The van der Waals surface area contributed by atoms with E-state index < -0.39 is 10.0 Å². The summed E-state index contributed by atoms with van der Waals surface area (Å²) < 4.78 is 40.1. The van der Waals surface area contributed by atoms with Gasteiger partial charge in [-0.05, 0) is 37.5 Å². The van der Waals surface area contributed by atoms with Crippen molar-refractivity contribution in [2.45, 2.75) is 25.5 Å². The van der Waals surface area contributed by atoms with Crippen LogP contribution in [-0.4, -0.2) is 62.0 Å². The molecule has 0 aliphatic carbocycles. The molecule has 0 amide bonds. The van der Waals surface area contributed by atoms with Gasteiger partial charge in [-0.15, -0.1) is 0 Å². The lowest BCUT2D eigenvalue weighted by atomic mass is 10.2. The zero-order valence-electron chi connectivity index (χ0n) is 16.6. The van der Waals surface area contributed by atoms with Crippen molar-refractivity contribution in [1.29, 1.82) is 0 Å². The van der Waals surface area contributed by atoms with Crippen molar-refractivity contribution in [1.82, 2.24) is 14.3 Å². The van der Waals surface area contributed by atoms with Gasteiger partial charge in [0.15, 0.2) is 0 Å². The Kier molecular flexibility index (Phi) is 5.69. The van der Waals surface area contributed by atoms with Crippen LogP contribution in [0.15, 0.2) is 30.3 Å². The molecule has 1 aromatic carbocycles. The van der Waals surface area contributed by atoms with Gasteiger partial charge in [-0.25, -0.2) is 17.8 Å². The summed E-state index contributed by atoms with van der Waals surface area (Å²) in [4.78, 5) is 13.6. The lowest BCUT2D eigenvalue weighted by molar-refractivity contribution is 0.383. The molecule has 0 unspecified atom stereocenters. The number of nitrogens with zero attached hydrogens (tertiary/aromatic N) is 5. The number of hydrogen-bond acceptors (Lipinski definition) is 6. The van der Waals surface area contributed by atoms with E-state index in [1.54, 1.807) is 0 Å². The minimum atomic E-state index is -3.44. The quantitative estimate of drug-likeness (QED) is 0.740. The fraction of sp³-hybridized carbons (Fsp3) is 0.500. The molecule has 0 radical (unpaired) electrons. The summed E-state index contributed by atoms with van der Waals surface area (Å²) in [5.41, 5.74) is 1.51. The molecule has 0 spiro atoms. The standard InChI is InChI=1S/C20H26FN5O2S/c1-16-14-19(23-20(22-16)25-8-2-3-9-25)24-10-12-26(13-11-24)29(27,28)15-17-4-6-18(21)7-5-17/h4-7,14H,2-3,8-13,15H2,1H3. The predicted octanol–water partition coefficient (Wildman–Crippen LogP) is 2.18. The second-order valence-corrected chi connectivity index (χ2v) is 9.60. The van der Waals surface area contributed by atoms with Crippen LogP contribution in [0.2, 0.25) is 0 Å². The number of piperazine rings is 1. The van der Waals surface area contributed by atoms with Gasteiger partial charge in [0.2, 0.25) is 16.0 Å². The maximum atomic E-state index is 13.1. The molecule has 0 atom stereocenters. The molecule has 1 aromatic heterocycles. The van der Waals surface area contributed by atoms with Crippen LogP contribution in [0.1, 0.15) is 24.1 Å². The average Bonchev–Trinajstić information content (AvgIpc) is 3.24. The third kappa shape index (κ3) is 4.67. The van der Waals surface area contributed by atoms with Crippen molar-refractivity contribution in [3.8, 4) is 0 Å². The Balaban J connectivity index is 1.42. The Morgan fingerprint density at radius 3 is 2.24 bits per heavy atom. The van der Waals surface area contributed by atoms with Crippen LogP contribution in [0.25, 0.3) is 0 Å². The van der Waals surface area contributed by atoms with E-state index in [4.69, 9.17) is 4.98 Å². The van der Waals surface area contributed by atoms with E-state index in [1.165, 1.54) is 28.6 Å². The van der Waals surface area contributed by atoms with Gasteiger partial charge in [0.25, 0.3) is 0 Å². The van der Waals surface area contributed by atoms with Crippen LogP contribution in [-0.2, 0) is 15.8 Å². The zero-order chi connectivity index (χ0) is 20.4. The molecule has 0 bridgehead atoms. The Hall–Kier alpha value is -2.26. The Morgan fingerprint density at radius 2 is 1.59 bits per heavy atom. The molecule has 2 saturated heterocycles. The highest BCUT2D eigenvalue weighted by atomic mass is 32.2. The van der Waals surface area contributed by atoms with Crippen LogP contribution in [0.5, 0.6) is 0 Å². The van der Waals surface area contributed by atoms with E-state index in [1.807, 2.05) is 13.0 Å². The second kappa shape index (κ2) is 8.23. The van der Waals surface area contributed by atoms with Crippen molar-refractivity contribution in [3.05, 3.63) is 47.4 Å². The molecule has 0 saturated carbocycles. The molecule has 2 aromatic rings. The van der Waals surface area contributed by atoms with Crippen LogP contribution in [0.3, 0.4) is 0 Å². The maximum absolute atomic E-state index is 13.1. The van der Waals surface area contributed by atoms with Gasteiger partial charge < -0.3 is 9.80 Å². The Morgan fingerprint density at radius 1 is 0.931 bits per heavy atom. The molecule has 0 N–H and O–H groups in total. The first-order valence-electron chi connectivity index (χ1n) is 9.98. The average molecular weight is 420 g/mol. The third-order valence-electron chi connectivity index (χ3n) is 5.44. The van der Waals surface area contributed by atoms with E-state index in [9.17, 15) is 12.8 Å². The first kappa shape index (κ1) is 20.0. The number of halogens is 1. The largest absolute Gasteiger partial charge is 0.354 e. The molecule has 7 nitrogen and oxygen atoms in total. The first-order valence-corrected chi connectivity index (χ1v) is 11.6. The van der Waals surface area contributed by atoms with Gasteiger partial charge in [-0.2, -0.15) is 9.29 Å². The van der Waals surface area contributed by atoms with Gasteiger partial charge >= 0.3 is 0 Å². The summed E-state index contributed by atoms with van der Waals surface area (Å²) >= 11 is 0. The minimum absolute atomic E-state index is 0.112. The summed E-state index contributed by atoms with van der Waals surface area (Å²) in [5.74, 6) is 1.14. The molecule has 4 rings (SSSR count). The van der Waals surface area contributed by atoms with Crippen molar-refractivity contribution in [3.63, 3.8) is 0 Å². The number of aromatic nitrogens is 2. The zero-order valence-corrected chi connectivity index (χ0v) is 17.4. The molecular weight excluding hydrogens is 393 g/mol.